The smallest absolute Gasteiger partial charge is 0.387 e. The molecular weight excluding hydrogens is 1600 g/mol. The van der Waals surface area contributed by atoms with Crippen LogP contribution in [-0.2, 0) is 55.9 Å². The number of aliphatic carboxylic acids is 1. The highest BCUT2D eigenvalue weighted by atomic mass is 32.2. The number of nitrogens with one attached hydrogen (secondary N) is 3. The second kappa shape index (κ2) is 35.9. The van der Waals surface area contributed by atoms with Gasteiger partial charge in [0.15, 0.2) is 16.4 Å². The maximum Gasteiger partial charge on any atom is 0.387 e. The number of aromatic amines is 3. The van der Waals surface area contributed by atoms with Crippen LogP contribution in [0.15, 0.2) is 165 Å². The van der Waals surface area contributed by atoms with E-state index in [0.29, 0.717) is 30.9 Å². The lowest BCUT2D eigenvalue weighted by Crippen LogP contribution is -2.42. The number of fused-ring (bicyclic) bond motifs is 3. The number of amides is 1. The van der Waals surface area contributed by atoms with Crippen LogP contribution in [0.5, 0.6) is 23.0 Å². The molecule has 0 spiro atoms. The first-order chi connectivity index (χ1) is 60.1. The van der Waals surface area contributed by atoms with Gasteiger partial charge in [-0.25, -0.2) is 58.1 Å². The Labute approximate surface area is 725 Å². The second-order valence-corrected chi connectivity index (χ2v) is 35.9. The molecule has 25 nitrogen and oxygen atoms in total. The Kier molecular flexibility index (Phi) is 24.5. The number of aromatic nitrogens is 12. The number of aryl methyl sites for hydroxylation is 3. The van der Waals surface area contributed by atoms with Crippen LogP contribution in [0.3, 0.4) is 0 Å². The number of nitrogens with zero attached hydrogens (tertiary/aromatic N) is 12. The normalized spacial score (nSPS) is 16.0. The standard InChI is InChI=1S/C33H37N5O3S.C32H31F2N5O4.C32H34N6O2/c1-5-41-27-12-10-25(11-13-27)30-22(2)36-32(37-30)33(3)14-16-38(17-15-33)31-28-18-26(19-29(28)34-21-35-31)24-8-6-23(7-9-24)20-42(4,39)40;1-19-28(21-4-3-5-24(14-21)43-31(33)34)38-30(37-19)32(2)10-12-39(13-11-32)29-25-15-22(16-26(25)35-18-36-29)20-6-8-23(9-7-20)42-17-27(40)41;1-4-40-25-11-9-22(10-12-25)28-20(2)36-31(37-28)32(3)13-15-38(16-14-32)30-26-17-24(18-27(26)34-19-35-30)21-5-7-23(8-6-21)29(33)39/h6-13,18,21H,5,14-17,19-20H2,1-4H3,(H,36,37);3-9,14-15,18,31H,10-13,16-17H2,1-2H3,(H,37,38)(H,40,41);5-12,17,19H,4,13-16,18H2,1-3H3,(H2,33,39)(H,36,37). The molecule has 644 valence electrons. The molecule has 18 rings (SSSR count). The van der Waals surface area contributed by atoms with E-state index in [4.69, 9.17) is 50.0 Å². The summed E-state index contributed by atoms with van der Waals surface area (Å²) < 4.78 is 69.8. The van der Waals surface area contributed by atoms with Gasteiger partial charge in [-0.05, 0) is 215 Å². The number of halogens is 2. The van der Waals surface area contributed by atoms with E-state index in [2.05, 4.69) is 131 Å². The van der Waals surface area contributed by atoms with E-state index in [1.165, 1.54) is 23.5 Å². The first-order valence-corrected chi connectivity index (χ1v) is 44.4. The number of benzene rings is 6. The van der Waals surface area contributed by atoms with Crippen LogP contribution in [0.2, 0.25) is 0 Å². The van der Waals surface area contributed by atoms with Gasteiger partial charge in [0, 0.05) is 137 Å². The van der Waals surface area contributed by atoms with Crippen molar-refractivity contribution in [1.29, 1.82) is 0 Å². The van der Waals surface area contributed by atoms with Crippen LogP contribution in [0.4, 0.5) is 26.2 Å². The number of nitrogens with two attached hydrogens (primary N) is 1. The Morgan fingerprint density at radius 1 is 0.472 bits per heavy atom. The van der Waals surface area contributed by atoms with Crippen molar-refractivity contribution in [2.24, 2.45) is 5.73 Å². The van der Waals surface area contributed by atoms with Crippen molar-refractivity contribution in [2.45, 2.75) is 142 Å². The van der Waals surface area contributed by atoms with E-state index < -0.39 is 28.3 Å². The zero-order valence-electron chi connectivity index (χ0n) is 71.7. The third-order valence-corrected chi connectivity index (χ3v) is 25.7. The lowest BCUT2D eigenvalue weighted by Gasteiger charge is -2.39. The molecule has 6 N–H and O–H groups in total. The van der Waals surface area contributed by atoms with E-state index in [1.807, 2.05) is 99.6 Å². The third-order valence-electron chi connectivity index (χ3n) is 24.8. The Morgan fingerprint density at radius 3 is 1.16 bits per heavy atom. The van der Waals surface area contributed by atoms with E-state index in [9.17, 15) is 26.8 Å². The number of carbonyl (C=O) groups excluding carboxylic acids is 1. The Morgan fingerprint density at radius 2 is 0.816 bits per heavy atom. The predicted molar refractivity (Wildman–Crippen MR) is 482 cm³/mol. The van der Waals surface area contributed by atoms with Crippen LogP contribution < -0.4 is 39.4 Å². The zero-order valence-corrected chi connectivity index (χ0v) is 72.5. The van der Waals surface area contributed by atoms with Gasteiger partial charge in [0.25, 0.3) is 0 Å². The number of imidazole rings is 3. The van der Waals surface area contributed by atoms with Crippen molar-refractivity contribution in [3.63, 3.8) is 0 Å². The number of carboxylic acids is 1. The maximum absolute atomic E-state index is 12.7. The molecule has 0 unspecified atom stereocenters. The second-order valence-electron chi connectivity index (χ2n) is 33.8. The fourth-order valence-corrected chi connectivity index (χ4v) is 18.3. The van der Waals surface area contributed by atoms with Crippen molar-refractivity contribution in [3.8, 4) is 56.8 Å². The van der Waals surface area contributed by atoms with Crippen LogP contribution in [0, 0.1) is 20.8 Å². The summed E-state index contributed by atoms with van der Waals surface area (Å²) in [4.78, 5) is 82.9. The highest BCUT2D eigenvalue weighted by Gasteiger charge is 2.41. The van der Waals surface area contributed by atoms with Gasteiger partial charge in [0.2, 0.25) is 5.91 Å². The van der Waals surface area contributed by atoms with Crippen LogP contribution in [-0.4, -0.2) is 157 Å². The number of piperidine rings is 3. The summed E-state index contributed by atoms with van der Waals surface area (Å²) in [6.45, 7) is 20.1. The summed E-state index contributed by atoms with van der Waals surface area (Å²) in [6.07, 6.45) is 20.5. The summed E-state index contributed by atoms with van der Waals surface area (Å²) in [5, 5.41) is 8.83. The van der Waals surface area contributed by atoms with Gasteiger partial charge in [-0.1, -0.05) is 81.4 Å². The number of anilines is 3. The van der Waals surface area contributed by atoms with Crippen molar-refractivity contribution in [3.05, 3.63) is 261 Å². The fraction of sp³-hybridized carbons (Fsp3) is 0.330. The van der Waals surface area contributed by atoms with Crippen molar-refractivity contribution in [2.75, 3.05) is 80.0 Å². The summed E-state index contributed by atoms with van der Waals surface area (Å²) in [5.74, 6) is 6.82. The zero-order chi connectivity index (χ0) is 87.5. The van der Waals surface area contributed by atoms with Crippen LogP contribution in [0.25, 0.3) is 68.7 Å². The highest BCUT2D eigenvalue weighted by Crippen LogP contribution is 2.46. The van der Waals surface area contributed by atoms with Crippen molar-refractivity contribution >= 4 is 74.1 Å². The average Bonchev–Trinajstić information content (AvgIpc) is 1.65. The van der Waals surface area contributed by atoms with Gasteiger partial charge >= 0.3 is 12.6 Å². The summed E-state index contributed by atoms with van der Waals surface area (Å²) in [5.41, 5.74) is 27.9. The van der Waals surface area contributed by atoms with Gasteiger partial charge in [-0.2, -0.15) is 8.78 Å². The minimum Gasteiger partial charge on any atom is -0.494 e. The number of alkyl halides is 2. The number of sulfone groups is 1. The van der Waals surface area contributed by atoms with Crippen LogP contribution in [0.1, 0.15) is 174 Å². The van der Waals surface area contributed by atoms with E-state index in [-0.39, 0.29) is 34.4 Å². The molecule has 0 saturated carbocycles. The van der Waals surface area contributed by atoms with Crippen LogP contribution >= 0.6 is 0 Å². The molecule has 0 bridgehead atoms. The highest BCUT2D eigenvalue weighted by molar-refractivity contribution is 7.89. The Balaban J connectivity index is 0.000000138. The molecule has 6 aromatic carbocycles. The molecule has 3 fully saturated rings. The average molecular weight is 1710 g/mol. The molecule has 28 heteroatoms. The van der Waals surface area contributed by atoms with Gasteiger partial charge in [0.1, 0.15) is 76.9 Å². The van der Waals surface area contributed by atoms with Gasteiger partial charge < -0.3 is 59.4 Å². The first-order valence-electron chi connectivity index (χ1n) is 42.4. The minimum absolute atomic E-state index is 0.0514. The topological polar surface area (TPSA) is 325 Å². The molecule has 0 radical (unpaired) electrons. The molecule has 3 saturated heterocycles. The van der Waals surface area contributed by atoms with E-state index >= 15 is 0 Å². The van der Waals surface area contributed by atoms with Crippen molar-refractivity contribution < 1.29 is 50.8 Å². The summed E-state index contributed by atoms with van der Waals surface area (Å²) >= 11 is 0. The summed E-state index contributed by atoms with van der Waals surface area (Å²) in [6, 6.07) is 45.6. The minimum atomic E-state index is -3.06. The molecule has 9 heterocycles. The fourth-order valence-electron chi connectivity index (χ4n) is 17.5. The monoisotopic (exact) mass is 1700 g/mol. The predicted octanol–water partition coefficient (Wildman–Crippen LogP) is 17.0. The Hall–Kier alpha value is -13.2. The number of allylic oxidation sites excluding steroid dienone is 3. The Bertz CT molecular complexity index is 6180. The maximum atomic E-state index is 12.7. The first kappa shape index (κ1) is 85.3. The molecule has 0 atom stereocenters. The SMILES string of the molecule is CCOc1ccc(-c2nc(C3(C)CCN(c4ncnc5c4C=C(c4ccc(C(N)=O)cc4)C5)CC3)[nH]c2C)cc1.CCOc1ccc(-c2nc(C3(C)CCN(c4ncnc5c4C=C(c4ccc(CS(C)(=O)=O)cc4)C5)CC3)[nH]c2C)cc1.Cc1[nH]c(C2(C)CCN(c3ncnc4c3C=C(c3ccc(OCC(=O)O)cc3)C4)CC2)nc1-c1cccc(OC(F)F)c1. The number of carbonyl (C=O) groups is 2. The van der Waals surface area contributed by atoms with Gasteiger partial charge in [-0.15, -0.1) is 0 Å². The van der Waals surface area contributed by atoms with Crippen molar-refractivity contribution in [1.82, 2.24) is 59.8 Å². The lowest BCUT2D eigenvalue weighted by molar-refractivity contribution is -0.139. The van der Waals surface area contributed by atoms with E-state index in [0.717, 1.165) is 250 Å². The number of hydrogen-bond donors (Lipinski definition) is 5. The van der Waals surface area contributed by atoms with E-state index in [1.54, 1.807) is 55.4 Å². The molecule has 3 aliphatic heterocycles. The molecule has 6 aromatic heterocycles. The molecule has 125 heavy (non-hydrogen) atoms. The molecular formula is C97H102F2N16O9S. The molecule has 6 aliphatic rings. The quantitative estimate of drug-likeness (QED) is 0.0375. The number of primary amides is 1. The summed E-state index contributed by atoms with van der Waals surface area (Å²) in [7, 11) is -3.06. The number of ether oxygens (including phenoxy) is 4. The number of carboxylic acid groups (broad SMARTS) is 1. The lowest BCUT2D eigenvalue weighted by atomic mass is 9.79. The third kappa shape index (κ3) is 19.0. The van der Waals surface area contributed by atoms with Gasteiger partial charge in [0.05, 0.1) is 53.1 Å². The largest absolute Gasteiger partial charge is 0.494 e. The number of H-pyrrole nitrogens is 3. The number of hydrogen-bond acceptors (Lipinski definition) is 20. The molecule has 3 aliphatic carbocycles. The van der Waals surface area contributed by atoms with Gasteiger partial charge in [-0.3, -0.25) is 4.79 Å². The number of rotatable bonds is 24. The molecule has 12 aromatic rings. The molecule has 1 amide bonds.